The number of rotatable bonds is 9. The molecule has 1 N–H and O–H groups in total. The maximum Gasteiger partial charge on any atom is 0.475 e. The van der Waals surface area contributed by atoms with E-state index in [1.165, 1.54) is 0 Å². The average molecular weight is 511 g/mol. The Bertz CT molecular complexity index is 1200. The monoisotopic (exact) mass is 510 g/mol. The summed E-state index contributed by atoms with van der Waals surface area (Å²) in [5.74, 6) is 0. The molecule has 2 aromatic carbocycles. The van der Waals surface area contributed by atoms with Crippen LogP contribution in [-0.2, 0) is 29.5 Å². The number of nitrogens with zero attached hydrogens (tertiary/aromatic N) is 1. The number of hydrogen-bond donors (Lipinski definition) is 1. The summed E-state index contributed by atoms with van der Waals surface area (Å²) in [5.41, 5.74) is 2.28. The van der Waals surface area contributed by atoms with Crippen LogP contribution in [-0.4, -0.2) is 29.9 Å². The maximum atomic E-state index is 12.7. The number of nitrogens with one attached hydrogen (secondary N) is 1. The van der Waals surface area contributed by atoms with Gasteiger partial charge in [0.05, 0.1) is 19.8 Å². The molecule has 3 rings (SSSR count). The lowest BCUT2D eigenvalue weighted by molar-refractivity contribution is 0.0632. The molecule has 34 heavy (non-hydrogen) atoms. The number of amides is 1. The molecule has 0 fully saturated rings. The fourth-order valence-electron chi connectivity index (χ4n) is 3.07. The predicted octanol–water partition coefficient (Wildman–Crippen LogP) is 7.19. The van der Waals surface area contributed by atoms with E-state index in [0.717, 1.165) is 5.56 Å². The van der Waals surface area contributed by atoms with Crippen molar-refractivity contribution < 1.29 is 32.1 Å². The van der Waals surface area contributed by atoms with E-state index in [1.807, 2.05) is 18.2 Å². The van der Waals surface area contributed by atoms with Gasteiger partial charge in [0.2, 0.25) is 0 Å². The second-order valence-corrected chi connectivity index (χ2v) is 10.3. The quantitative estimate of drug-likeness (QED) is 0.301. The molecule has 0 spiro atoms. The molecule has 0 radical (unpaired) electrons. The number of phosphoric acid groups is 1. The van der Waals surface area contributed by atoms with E-state index < -0.39 is 19.5 Å². The molecule has 0 atom stereocenters. The molecular formula is C23H28ClN2O7P. The third-order valence-corrected chi connectivity index (χ3v) is 6.09. The first-order chi connectivity index (χ1) is 16.0. The summed E-state index contributed by atoms with van der Waals surface area (Å²) >= 11 is 6.20. The molecule has 0 aliphatic rings. The zero-order valence-corrected chi connectivity index (χ0v) is 21.4. The van der Waals surface area contributed by atoms with Crippen LogP contribution in [0.2, 0.25) is 5.02 Å². The Balaban J connectivity index is 1.99. The molecule has 0 saturated carbocycles. The van der Waals surface area contributed by atoms with Gasteiger partial charge in [0, 0.05) is 10.6 Å². The molecule has 1 heterocycles. The lowest BCUT2D eigenvalue weighted by Gasteiger charge is -2.18. The van der Waals surface area contributed by atoms with Crippen LogP contribution < -0.4 is 5.32 Å². The predicted molar refractivity (Wildman–Crippen MR) is 130 cm³/mol. The van der Waals surface area contributed by atoms with Crippen molar-refractivity contribution in [2.45, 2.75) is 46.8 Å². The number of benzene rings is 2. The molecule has 3 aromatic rings. The minimum absolute atomic E-state index is 0.0279. The third-order valence-electron chi connectivity index (χ3n) is 4.26. The first-order valence-corrected chi connectivity index (χ1v) is 12.6. The van der Waals surface area contributed by atoms with Crippen LogP contribution in [0.3, 0.4) is 0 Å². The van der Waals surface area contributed by atoms with Gasteiger partial charge >= 0.3 is 19.9 Å². The Morgan fingerprint density at radius 3 is 2.44 bits per heavy atom. The highest BCUT2D eigenvalue weighted by Gasteiger charge is 2.26. The zero-order chi connectivity index (χ0) is 24.9. The van der Waals surface area contributed by atoms with Crippen LogP contribution in [0.4, 0.5) is 10.8 Å². The highest BCUT2D eigenvalue weighted by molar-refractivity contribution is 7.48. The zero-order valence-electron chi connectivity index (χ0n) is 19.7. The van der Waals surface area contributed by atoms with Crippen LogP contribution in [0.15, 0.2) is 40.8 Å². The minimum Gasteiger partial charge on any atom is -0.443 e. The number of halogens is 1. The minimum atomic E-state index is -3.71. The maximum absolute atomic E-state index is 12.7. The second-order valence-electron chi connectivity index (χ2n) is 8.20. The van der Waals surface area contributed by atoms with Crippen LogP contribution in [0.1, 0.15) is 40.2 Å². The number of hydrogen-bond acceptors (Lipinski definition) is 8. The Hall–Kier alpha value is -2.42. The molecule has 9 nitrogen and oxygen atoms in total. The first kappa shape index (κ1) is 26.2. The van der Waals surface area contributed by atoms with E-state index in [-0.39, 0.29) is 25.8 Å². The molecule has 1 aromatic heterocycles. The Morgan fingerprint density at radius 1 is 1.12 bits per heavy atom. The van der Waals surface area contributed by atoms with Crippen molar-refractivity contribution in [2.75, 3.05) is 18.5 Å². The Kier molecular flexibility index (Phi) is 8.38. The van der Waals surface area contributed by atoms with E-state index in [1.54, 1.807) is 52.8 Å². The van der Waals surface area contributed by atoms with Crippen molar-refractivity contribution in [3.05, 3.63) is 47.0 Å². The number of phosphoric ester groups is 1. The Morgan fingerprint density at radius 2 is 1.82 bits per heavy atom. The van der Waals surface area contributed by atoms with E-state index in [2.05, 4.69) is 10.3 Å². The topological polar surface area (TPSA) is 109 Å². The Labute approximate surface area is 203 Å². The molecule has 0 unspecified atom stereocenters. The number of oxazole rings is 1. The van der Waals surface area contributed by atoms with Gasteiger partial charge in [-0.3, -0.25) is 13.6 Å². The summed E-state index contributed by atoms with van der Waals surface area (Å²) in [7, 11) is -3.71. The molecule has 11 heteroatoms. The van der Waals surface area contributed by atoms with Crippen molar-refractivity contribution in [3.63, 3.8) is 0 Å². The van der Waals surface area contributed by atoms with Gasteiger partial charge in [-0.15, -0.1) is 0 Å². The number of carbonyl (C=O) groups is 1. The van der Waals surface area contributed by atoms with Crippen molar-refractivity contribution in [1.29, 1.82) is 0 Å². The van der Waals surface area contributed by atoms with E-state index in [0.29, 0.717) is 27.2 Å². The number of aromatic nitrogens is 1. The standard InChI is InChI=1S/C23H28ClN2O7P/c1-6-29-34(28,30-7-2)31-14-15-11-18(16-9-8-10-17(24)13-16)20-19(12-15)32-21(25-20)26-22(27)33-23(3,4)5/h8-13H,6-7,14H2,1-5H3,(H,25,26,27). The number of anilines is 1. The van der Waals surface area contributed by atoms with Crippen molar-refractivity contribution >= 4 is 42.6 Å². The van der Waals surface area contributed by atoms with Gasteiger partial charge in [-0.2, -0.15) is 4.98 Å². The molecule has 0 aliphatic carbocycles. The summed E-state index contributed by atoms with van der Waals surface area (Å²) in [5, 5.41) is 3.05. The van der Waals surface area contributed by atoms with Crippen molar-refractivity contribution in [1.82, 2.24) is 4.98 Å². The second kappa shape index (κ2) is 10.9. The number of fused-ring (bicyclic) bond motifs is 1. The van der Waals surface area contributed by atoms with E-state index >= 15 is 0 Å². The molecular weight excluding hydrogens is 483 g/mol. The highest BCUT2D eigenvalue weighted by atomic mass is 35.5. The van der Waals surface area contributed by atoms with Gasteiger partial charge in [-0.1, -0.05) is 23.7 Å². The highest BCUT2D eigenvalue weighted by Crippen LogP contribution is 2.50. The summed E-state index contributed by atoms with van der Waals surface area (Å²) in [4.78, 5) is 16.6. The van der Waals surface area contributed by atoms with Gasteiger partial charge < -0.3 is 9.15 Å². The van der Waals surface area contributed by atoms with E-state index in [9.17, 15) is 9.36 Å². The molecule has 184 valence electrons. The normalized spacial score (nSPS) is 12.2. The molecule has 1 amide bonds. The fraction of sp³-hybridized carbons (Fsp3) is 0.391. The van der Waals surface area contributed by atoms with Gasteiger partial charge in [-0.25, -0.2) is 14.7 Å². The fourth-order valence-corrected chi connectivity index (χ4v) is 4.43. The number of ether oxygens (including phenoxy) is 1. The largest absolute Gasteiger partial charge is 0.475 e. The lowest BCUT2D eigenvalue weighted by atomic mass is 10.0. The number of carbonyl (C=O) groups excluding carboxylic acids is 1. The van der Waals surface area contributed by atoms with Gasteiger partial charge in [0.1, 0.15) is 11.1 Å². The summed E-state index contributed by atoms with van der Waals surface area (Å²) < 4.78 is 39.7. The summed E-state index contributed by atoms with van der Waals surface area (Å²) in [6.45, 7) is 8.94. The first-order valence-electron chi connectivity index (χ1n) is 10.7. The van der Waals surface area contributed by atoms with Crippen molar-refractivity contribution in [2.24, 2.45) is 0 Å². The average Bonchev–Trinajstić information content (AvgIpc) is 3.12. The summed E-state index contributed by atoms with van der Waals surface area (Å²) in [6, 6.07) is 10.7. The van der Waals surface area contributed by atoms with E-state index in [4.69, 9.17) is 34.3 Å². The molecule has 0 bridgehead atoms. The molecule has 0 aliphatic heterocycles. The smallest absolute Gasteiger partial charge is 0.443 e. The van der Waals surface area contributed by atoms with Crippen LogP contribution in [0.25, 0.3) is 22.2 Å². The van der Waals surface area contributed by atoms with Gasteiger partial charge in [0.25, 0.3) is 0 Å². The molecule has 0 saturated heterocycles. The van der Waals surface area contributed by atoms with Crippen LogP contribution in [0.5, 0.6) is 0 Å². The van der Waals surface area contributed by atoms with Crippen molar-refractivity contribution in [3.8, 4) is 11.1 Å². The third kappa shape index (κ3) is 7.04. The SMILES string of the molecule is CCOP(=O)(OCC)OCc1cc(-c2cccc(Cl)c2)c2nc(NC(=O)OC(C)(C)C)oc2c1. The van der Waals surface area contributed by atoms with Crippen LogP contribution >= 0.6 is 19.4 Å². The lowest BCUT2D eigenvalue weighted by Crippen LogP contribution is -2.27. The summed E-state index contributed by atoms with van der Waals surface area (Å²) in [6.07, 6.45) is -0.693. The van der Waals surface area contributed by atoms with Crippen LogP contribution in [0, 0.1) is 0 Å². The van der Waals surface area contributed by atoms with Gasteiger partial charge in [0.15, 0.2) is 5.58 Å². The van der Waals surface area contributed by atoms with Gasteiger partial charge in [-0.05, 0) is 70.0 Å².